The third-order valence-corrected chi connectivity index (χ3v) is 5.13. The highest BCUT2D eigenvalue weighted by Crippen LogP contribution is 2.24. The summed E-state index contributed by atoms with van der Waals surface area (Å²) in [6, 6.07) is 17.1. The Bertz CT molecular complexity index is 1450. The summed E-state index contributed by atoms with van der Waals surface area (Å²) in [5.41, 5.74) is 1.42. The van der Waals surface area contributed by atoms with Crippen LogP contribution in [0.1, 0.15) is 20.7 Å². The number of hydrogen-bond acceptors (Lipinski definition) is 8. The quantitative estimate of drug-likeness (QED) is 0.277. The first-order chi connectivity index (χ1) is 17.9. The van der Waals surface area contributed by atoms with Gasteiger partial charge in [-0.1, -0.05) is 12.1 Å². The van der Waals surface area contributed by atoms with Crippen molar-refractivity contribution in [3.05, 3.63) is 95.7 Å². The summed E-state index contributed by atoms with van der Waals surface area (Å²) in [6.45, 7) is 0. The van der Waals surface area contributed by atoms with Crippen molar-refractivity contribution in [2.24, 2.45) is 0 Å². The van der Waals surface area contributed by atoms with Gasteiger partial charge in [-0.2, -0.15) is 4.98 Å². The lowest BCUT2D eigenvalue weighted by molar-refractivity contribution is 0.0595. The maximum Gasteiger partial charge on any atom is 0.340 e. The first kappa shape index (κ1) is 25.0. The Morgan fingerprint density at radius 3 is 2.22 bits per heavy atom. The Kier molecular flexibility index (Phi) is 7.53. The molecule has 37 heavy (non-hydrogen) atoms. The molecule has 0 unspecified atom stereocenters. The summed E-state index contributed by atoms with van der Waals surface area (Å²) in [7, 11) is 2.64. The summed E-state index contributed by atoms with van der Waals surface area (Å²) in [4.78, 5) is 32.1. The number of halogens is 2. The van der Waals surface area contributed by atoms with Crippen LogP contribution in [0.25, 0.3) is 0 Å². The maximum absolute atomic E-state index is 14.4. The van der Waals surface area contributed by atoms with E-state index in [1.807, 2.05) is 0 Å². The second-order valence-electron chi connectivity index (χ2n) is 7.56. The molecule has 0 saturated carbocycles. The number of carbonyl (C=O) groups is 2. The lowest BCUT2D eigenvalue weighted by Crippen LogP contribution is -2.13. The van der Waals surface area contributed by atoms with Crippen molar-refractivity contribution in [3.63, 3.8) is 0 Å². The molecule has 9 nitrogen and oxygen atoms in total. The van der Waals surface area contributed by atoms with E-state index in [0.29, 0.717) is 22.7 Å². The highest BCUT2D eigenvalue weighted by molar-refractivity contribution is 6.06. The van der Waals surface area contributed by atoms with E-state index >= 15 is 0 Å². The van der Waals surface area contributed by atoms with Crippen LogP contribution in [0, 0.1) is 11.6 Å². The minimum absolute atomic E-state index is 0.00481. The number of amides is 1. The van der Waals surface area contributed by atoms with Gasteiger partial charge in [0.15, 0.2) is 11.6 Å². The van der Waals surface area contributed by atoms with Crippen molar-refractivity contribution in [3.8, 4) is 5.75 Å². The van der Waals surface area contributed by atoms with Gasteiger partial charge in [-0.25, -0.2) is 18.6 Å². The Morgan fingerprint density at radius 2 is 1.51 bits per heavy atom. The topological polar surface area (TPSA) is 114 Å². The number of nitrogens with one attached hydrogen (secondary N) is 3. The number of benzene rings is 3. The Morgan fingerprint density at radius 1 is 0.811 bits per heavy atom. The molecule has 188 valence electrons. The molecule has 1 amide bonds. The summed E-state index contributed by atoms with van der Waals surface area (Å²) < 4.78 is 38.3. The second kappa shape index (κ2) is 11.1. The Balaban J connectivity index is 1.44. The van der Waals surface area contributed by atoms with Crippen LogP contribution >= 0.6 is 0 Å². The van der Waals surface area contributed by atoms with Crippen LogP contribution in [0.2, 0.25) is 0 Å². The van der Waals surface area contributed by atoms with Gasteiger partial charge in [-0.15, -0.1) is 0 Å². The molecule has 0 bridgehead atoms. The summed E-state index contributed by atoms with van der Waals surface area (Å²) in [5, 5.41) is 8.37. The van der Waals surface area contributed by atoms with Crippen LogP contribution in [0.4, 0.5) is 37.6 Å². The summed E-state index contributed by atoms with van der Waals surface area (Å²) >= 11 is 0. The molecule has 4 aromatic rings. The van der Waals surface area contributed by atoms with Crippen molar-refractivity contribution >= 4 is 40.7 Å². The first-order valence-electron chi connectivity index (χ1n) is 10.9. The third-order valence-electron chi connectivity index (χ3n) is 5.13. The van der Waals surface area contributed by atoms with E-state index in [-0.39, 0.29) is 28.9 Å². The zero-order chi connectivity index (χ0) is 26.4. The molecule has 0 saturated heterocycles. The fourth-order valence-electron chi connectivity index (χ4n) is 3.32. The van der Waals surface area contributed by atoms with Gasteiger partial charge in [0.25, 0.3) is 5.91 Å². The maximum atomic E-state index is 14.4. The van der Waals surface area contributed by atoms with E-state index in [4.69, 9.17) is 4.74 Å². The van der Waals surface area contributed by atoms with E-state index in [9.17, 15) is 18.4 Å². The smallest absolute Gasteiger partial charge is 0.340 e. The molecule has 0 atom stereocenters. The summed E-state index contributed by atoms with van der Waals surface area (Å²) in [5.74, 6) is -2.35. The van der Waals surface area contributed by atoms with Gasteiger partial charge in [0.05, 0.1) is 31.5 Å². The highest BCUT2D eigenvalue weighted by Gasteiger charge is 2.14. The predicted octanol–water partition coefficient (Wildman–Crippen LogP) is 5.29. The van der Waals surface area contributed by atoms with E-state index in [2.05, 4.69) is 30.7 Å². The number of methoxy groups -OCH3 is 2. The Hall–Kier alpha value is -5.06. The van der Waals surface area contributed by atoms with Crippen LogP contribution in [-0.2, 0) is 4.74 Å². The van der Waals surface area contributed by atoms with Gasteiger partial charge in [0.1, 0.15) is 11.6 Å². The van der Waals surface area contributed by atoms with E-state index in [0.717, 1.165) is 19.4 Å². The average Bonchev–Trinajstić information content (AvgIpc) is 2.91. The standard InChI is InChI=1S/C26H21F2N5O4/c1-36-22-6-4-3-5-19(22)24(34)31-16-9-7-15(8-10-16)30-23-21(28)14-29-26(33-23)32-17-11-12-18(20(27)13-17)25(35)37-2/h3-14H,1-2H3,(H,31,34)(H2,29,30,32,33). The lowest BCUT2D eigenvalue weighted by Gasteiger charge is -2.12. The van der Waals surface area contributed by atoms with E-state index < -0.39 is 17.6 Å². The number of esters is 1. The number of para-hydroxylation sites is 1. The number of ether oxygens (including phenoxy) is 2. The van der Waals surface area contributed by atoms with Crippen LogP contribution in [0.15, 0.2) is 72.9 Å². The van der Waals surface area contributed by atoms with Crippen LogP contribution in [0.3, 0.4) is 0 Å². The molecule has 0 aliphatic heterocycles. The van der Waals surface area contributed by atoms with Crippen molar-refractivity contribution in [1.29, 1.82) is 0 Å². The molecule has 4 rings (SSSR count). The molecule has 3 aromatic carbocycles. The number of nitrogens with zero attached hydrogens (tertiary/aromatic N) is 2. The van der Waals surface area contributed by atoms with Gasteiger partial charge in [0.2, 0.25) is 5.95 Å². The number of anilines is 5. The van der Waals surface area contributed by atoms with E-state index in [1.54, 1.807) is 48.5 Å². The fourth-order valence-corrected chi connectivity index (χ4v) is 3.32. The van der Waals surface area contributed by atoms with Gasteiger partial charge in [-0.05, 0) is 54.6 Å². The zero-order valence-electron chi connectivity index (χ0n) is 19.7. The normalized spacial score (nSPS) is 10.4. The molecule has 1 heterocycles. The lowest BCUT2D eigenvalue weighted by atomic mass is 10.2. The molecule has 1 aromatic heterocycles. The molecule has 0 fully saturated rings. The zero-order valence-corrected chi connectivity index (χ0v) is 19.7. The highest BCUT2D eigenvalue weighted by atomic mass is 19.1. The van der Waals surface area contributed by atoms with Gasteiger partial charge in [0, 0.05) is 17.1 Å². The second-order valence-corrected chi connectivity index (χ2v) is 7.56. The van der Waals surface area contributed by atoms with E-state index in [1.165, 1.54) is 19.2 Å². The predicted molar refractivity (Wildman–Crippen MR) is 134 cm³/mol. The molecule has 0 radical (unpaired) electrons. The molecule has 0 spiro atoms. The Labute approximate surface area is 210 Å². The van der Waals surface area contributed by atoms with Crippen molar-refractivity contribution in [2.75, 3.05) is 30.2 Å². The molecular formula is C26H21F2N5O4. The summed E-state index contributed by atoms with van der Waals surface area (Å²) in [6.07, 6.45) is 0.957. The minimum Gasteiger partial charge on any atom is -0.496 e. The van der Waals surface area contributed by atoms with Crippen molar-refractivity contribution < 1.29 is 27.8 Å². The third kappa shape index (κ3) is 5.96. The number of aromatic nitrogens is 2. The molecular weight excluding hydrogens is 484 g/mol. The van der Waals surface area contributed by atoms with Gasteiger partial charge in [-0.3, -0.25) is 4.79 Å². The van der Waals surface area contributed by atoms with Gasteiger partial charge < -0.3 is 25.4 Å². The van der Waals surface area contributed by atoms with Crippen LogP contribution in [-0.4, -0.2) is 36.1 Å². The minimum atomic E-state index is -0.807. The SMILES string of the molecule is COC(=O)c1ccc(Nc2ncc(F)c(Nc3ccc(NC(=O)c4ccccc4OC)cc3)n2)cc1F. The number of hydrogen-bond donors (Lipinski definition) is 3. The number of rotatable bonds is 8. The molecule has 0 aliphatic rings. The van der Waals surface area contributed by atoms with Crippen molar-refractivity contribution in [1.82, 2.24) is 9.97 Å². The van der Waals surface area contributed by atoms with Crippen LogP contribution < -0.4 is 20.7 Å². The number of carbonyl (C=O) groups excluding carboxylic acids is 2. The van der Waals surface area contributed by atoms with Gasteiger partial charge >= 0.3 is 5.97 Å². The fraction of sp³-hybridized carbons (Fsp3) is 0.0769. The molecule has 0 aliphatic carbocycles. The monoisotopic (exact) mass is 505 g/mol. The van der Waals surface area contributed by atoms with Crippen LogP contribution in [0.5, 0.6) is 5.75 Å². The largest absolute Gasteiger partial charge is 0.496 e. The average molecular weight is 505 g/mol. The molecule has 3 N–H and O–H groups in total. The molecule has 11 heteroatoms. The van der Waals surface area contributed by atoms with Crippen molar-refractivity contribution in [2.45, 2.75) is 0 Å². The first-order valence-corrected chi connectivity index (χ1v) is 10.9.